The van der Waals surface area contributed by atoms with E-state index in [0.29, 0.717) is 28.4 Å². The summed E-state index contributed by atoms with van der Waals surface area (Å²) >= 11 is 0. The van der Waals surface area contributed by atoms with Gasteiger partial charge in [0, 0.05) is 30.0 Å². The van der Waals surface area contributed by atoms with Crippen LogP contribution in [0.15, 0.2) is 65.9 Å². The molecule has 148 valence electrons. The number of hydrogen-bond donors (Lipinski definition) is 1. The van der Waals surface area contributed by atoms with Crippen LogP contribution in [0.4, 0.5) is 5.69 Å². The molecule has 29 heavy (non-hydrogen) atoms. The second kappa shape index (κ2) is 8.70. The Morgan fingerprint density at radius 1 is 1.10 bits per heavy atom. The zero-order valence-corrected chi connectivity index (χ0v) is 15.7. The lowest BCUT2D eigenvalue weighted by atomic mass is 10.2. The summed E-state index contributed by atoms with van der Waals surface area (Å²) in [5.74, 6) is 0.531. The maximum atomic E-state index is 12.4. The van der Waals surface area contributed by atoms with Crippen LogP contribution in [0.1, 0.15) is 16.1 Å². The highest BCUT2D eigenvalue weighted by Crippen LogP contribution is 2.22. The first-order valence-electron chi connectivity index (χ1n) is 8.50. The van der Waals surface area contributed by atoms with Gasteiger partial charge >= 0.3 is 0 Å². The maximum absolute atomic E-state index is 12.4. The zero-order chi connectivity index (χ0) is 20.8. The molecule has 9 heteroatoms. The molecule has 1 heterocycles. The van der Waals surface area contributed by atoms with Crippen LogP contribution in [-0.4, -0.2) is 35.8 Å². The van der Waals surface area contributed by atoms with Crippen molar-refractivity contribution in [1.82, 2.24) is 9.99 Å². The van der Waals surface area contributed by atoms with Gasteiger partial charge in [-0.1, -0.05) is 6.07 Å². The summed E-state index contributed by atoms with van der Waals surface area (Å²) < 4.78 is 12.0. The molecule has 0 spiro atoms. The van der Waals surface area contributed by atoms with Gasteiger partial charge in [-0.15, -0.1) is 0 Å². The van der Waals surface area contributed by atoms with Crippen molar-refractivity contribution in [3.8, 4) is 17.2 Å². The second-order valence-corrected chi connectivity index (χ2v) is 5.88. The van der Waals surface area contributed by atoms with Crippen LogP contribution < -0.4 is 14.9 Å². The first kappa shape index (κ1) is 19.6. The molecule has 1 N–H and O–H groups in total. The molecule has 0 radical (unpaired) electrons. The van der Waals surface area contributed by atoms with E-state index in [1.165, 1.54) is 32.6 Å². The van der Waals surface area contributed by atoms with Gasteiger partial charge in [-0.2, -0.15) is 5.10 Å². The summed E-state index contributed by atoms with van der Waals surface area (Å²) in [6.45, 7) is 0. The van der Waals surface area contributed by atoms with E-state index in [2.05, 4.69) is 10.5 Å². The molecule has 0 aliphatic carbocycles. The number of nitrogens with one attached hydrogen (secondary N) is 1. The first-order valence-corrected chi connectivity index (χ1v) is 8.50. The van der Waals surface area contributed by atoms with Gasteiger partial charge in [-0.3, -0.25) is 14.9 Å². The average molecular weight is 394 g/mol. The minimum absolute atomic E-state index is 0.0145. The van der Waals surface area contributed by atoms with Crippen LogP contribution >= 0.6 is 0 Å². The number of carbonyl (C=O) groups is 1. The Morgan fingerprint density at radius 3 is 2.48 bits per heavy atom. The number of rotatable bonds is 7. The van der Waals surface area contributed by atoms with Crippen molar-refractivity contribution in [2.45, 2.75) is 0 Å². The van der Waals surface area contributed by atoms with Crippen molar-refractivity contribution in [2.75, 3.05) is 14.2 Å². The Hall–Kier alpha value is -4.14. The van der Waals surface area contributed by atoms with Crippen LogP contribution in [0.3, 0.4) is 0 Å². The number of nitro groups is 1. The number of hydrogen-bond acceptors (Lipinski definition) is 6. The molecule has 0 saturated carbocycles. The molecule has 0 aliphatic heterocycles. The number of methoxy groups -OCH3 is 2. The Labute approximate surface area is 166 Å². The lowest BCUT2D eigenvalue weighted by Gasteiger charge is -2.08. The van der Waals surface area contributed by atoms with E-state index in [0.717, 1.165) is 0 Å². The third-order valence-corrected chi connectivity index (χ3v) is 4.08. The smallest absolute Gasteiger partial charge is 0.271 e. The fourth-order valence-electron chi connectivity index (χ4n) is 2.65. The largest absolute Gasteiger partial charge is 0.497 e. The van der Waals surface area contributed by atoms with E-state index < -0.39 is 10.8 Å². The molecule has 1 aromatic heterocycles. The zero-order valence-electron chi connectivity index (χ0n) is 15.7. The van der Waals surface area contributed by atoms with E-state index in [1.54, 1.807) is 53.2 Å². The Morgan fingerprint density at radius 2 is 1.83 bits per heavy atom. The van der Waals surface area contributed by atoms with Gasteiger partial charge in [0.25, 0.3) is 11.6 Å². The highest BCUT2D eigenvalue weighted by Gasteiger charge is 2.10. The van der Waals surface area contributed by atoms with Gasteiger partial charge in [-0.25, -0.2) is 5.43 Å². The minimum atomic E-state index is -0.455. The van der Waals surface area contributed by atoms with Gasteiger partial charge in [0.15, 0.2) is 0 Å². The number of hydrazone groups is 1. The van der Waals surface area contributed by atoms with E-state index in [1.807, 2.05) is 0 Å². The normalized spacial score (nSPS) is 10.7. The van der Waals surface area contributed by atoms with Crippen molar-refractivity contribution < 1.29 is 19.2 Å². The second-order valence-electron chi connectivity index (χ2n) is 5.88. The molecule has 0 unspecified atom stereocenters. The molecule has 3 rings (SSSR count). The molecule has 0 aliphatic rings. The quantitative estimate of drug-likeness (QED) is 0.376. The summed E-state index contributed by atoms with van der Waals surface area (Å²) in [7, 11) is 2.99. The SMILES string of the molecule is COc1cc(OC)cc(C(=O)NN=Cc2cccn2-c2cccc([N+](=O)[O-])c2)c1. The molecule has 9 nitrogen and oxygen atoms in total. The minimum Gasteiger partial charge on any atom is -0.497 e. The van der Waals surface area contributed by atoms with Crippen LogP contribution in [0.5, 0.6) is 11.5 Å². The molecule has 0 atom stereocenters. The fraction of sp³-hybridized carbons (Fsp3) is 0.100. The fourth-order valence-corrected chi connectivity index (χ4v) is 2.65. The van der Waals surface area contributed by atoms with Crippen molar-refractivity contribution in [2.24, 2.45) is 5.10 Å². The van der Waals surface area contributed by atoms with Crippen molar-refractivity contribution in [3.05, 3.63) is 82.2 Å². The van der Waals surface area contributed by atoms with Gasteiger partial charge in [-0.05, 0) is 30.3 Å². The first-order chi connectivity index (χ1) is 14.0. The monoisotopic (exact) mass is 394 g/mol. The number of nitrogens with zero attached hydrogens (tertiary/aromatic N) is 3. The third kappa shape index (κ3) is 4.59. The maximum Gasteiger partial charge on any atom is 0.271 e. The average Bonchev–Trinajstić information content (AvgIpc) is 3.21. The van der Waals surface area contributed by atoms with E-state index in [-0.39, 0.29) is 5.69 Å². The number of non-ortho nitro benzene ring substituents is 1. The van der Waals surface area contributed by atoms with E-state index in [9.17, 15) is 14.9 Å². The predicted octanol–water partition coefficient (Wildman–Crippen LogP) is 3.17. The Kier molecular flexibility index (Phi) is 5.88. The number of carbonyl (C=O) groups excluding carboxylic acids is 1. The van der Waals surface area contributed by atoms with Crippen molar-refractivity contribution in [1.29, 1.82) is 0 Å². The highest BCUT2D eigenvalue weighted by atomic mass is 16.6. The predicted molar refractivity (Wildman–Crippen MR) is 107 cm³/mol. The molecule has 2 aromatic carbocycles. The molecular formula is C20H18N4O5. The number of nitro benzene ring substituents is 1. The van der Waals surface area contributed by atoms with Gasteiger partial charge in [0.2, 0.25) is 0 Å². The molecule has 0 bridgehead atoms. The lowest BCUT2D eigenvalue weighted by molar-refractivity contribution is -0.384. The van der Waals surface area contributed by atoms with Crippen molar-refractivity contribution >= 4 is 17.8 Å². The highest BCUT2D eigenvalue weighted by molar-refractivity contribution is 5.95. The molecule has 1 amide bonds. The van der Waals surface area contributed by atoms with Gasteiger partial charge < -0.3 is 14.0 Å². The van der Waals surface area contributed by atoms with Crippen LogP contribution in [0.25, 0.3) is 5.69 Å². The number of amides is 1. The Balaban J connectivity index is 1.77. The summed E-state index contributed by atoms with van der Waals surface area (Å²) in [6.07, 6.45) is 3.20. The third-order valence-electron chi connectivity index (χ3n) is 4.08. The lowest BCUT2D eigenvalue weighted by Crippen LogP contribution is -2.18. The summed E-state index contributed by atoms with van der Waals surface area (Å²) in [5.41, 5.74) is 4.00. The number of benzene rings is 2. The van der Waals surface area contributed by atoms with Gasteiger partial charge in [0.1, 0.15) is 11.5 Å². The van der Waals surface area contributed by atoms with Crippen molar-refractivity contribution in [3.63, 3.8) is 0 Å². The number of aromatic nitrogens is 1. The molecular weight excluding hydrogens is 376 g/mol. The van der Waals surface area contributed by atoms with Crippen LogP contribution in [-0.2, 0) is 0 Å². The van der Waals surface area contributed by atoms with E-state index >= 15 is 0 Å². The van der Waals surface area contributed by atoms with Gasteiger partial charge in [0.05, 0.1) is 36.7 Å². The van der Waals surface area contributed by atoms with Crippen LogP contribution in [0.2, 0.25) is 0 Å². The van der Waals surface area contributed by atoms with Crippen LogP contribution in [0, 0.1) is 10.1 Å². The standard InChI is InChI=1S/C20H18N4O5/c1-28-18-9-14(10-19(12-18)29-2)20(25)22-21-13-17-7-4-8-23(17)15-5-3-6-16(11-15)24(26)27/h3-13H,1-2H3,(H,22,25). The molecule has 3 aromatic rings. The summed E-state index contributed by atoms with van der Waals surface area (Å²) in [5, 5.41) is 15.0. The Bertz CT molecular complexity index is 1050. The number of ether oxygens (including phenoxy) is 2. The molecule has 0 fully saturated rings. The summed E-state index contributed by atoms with van der Waals surface area (Å²) in [4.78, 5) is 22.9. The van der Waals surface area contributed by atoms with E-state index in [4.69, 9.17) is 9.47 Å². The topological polar surface area (TPSA) is 108 Å². The molecule has 0 saturated heterocycles. The summed E-state index contributed by atoms with van der Waals surface area (Å²) in [6, 6.07) is 14.6.